The summed E-state index contributed by atoms with van der Waals surface area (Å²) in [7, 11) is 0. The van der Waals surface area contributed by atoms with Crippen LogP contribution in [0.25, 0.3) is 0 Å². The molecule has 130 valence electrons. The Kier molecular flexibility index (Phi) is 4.34. The number of fused-ring (bicyclic) bond motifs is 2. The number of carbonyl (C=O) groups excluding carboxylic acids is 1. The second kappa shape index (κ2) is 6.05. The SMILES string of the molecule is Cl.N[C@@]1(C(=O)OCc2ccc3c(c2)CCC3)CC[C@H]2[C@H](C(=O)O)[C@H]21. The van der Waals surface area contributed by atoms with Gasteiger partial charge >= 0.3 is 11.9 Å². The third-order valence-corrected chi connectivity index (χ3v) is 5.85. The van der Waals surface area contributed by atoms with Crippen LogP contribution >= 0.6 is 12.4 Å². The maximum atomic E-state index is 12.4. The number of aliphatic carboxylic acids is 1. The molecule has 24 heavy (non-hydrogen) atoms. The Balaban J connectivity index is 0.00000169. The van der Waals surface area contributed by atoms with Crippen LogP contribution in [0.1, 0.15) is 36.0 Å². The normalized spacial score (nSPS) is 32.5. The maximum Gasteiger partial charge on any atom is 0.326 e. The van der Waals surface area contributed by atoms with Crippen molar-refractivity contribution in [2.45, 2.75) is 44.2 Å². The van der Waals surface area contributed by atoms with E-state index in [1.807, 2.05) is 6.07 Å². The van der Waals surface area contributed by atoms with Gasteiger partial charge in [0.05, 0.1) is 5.92 Å². The first-order valence-corrected chi connectivity index (χ1v) is 8.30. The van der Waals surface area contributed by atoms with Gasteiger partial charge in [-0.1, -0.05) is 18.2 Å². The van der Waals surface area contributed by atoms with E-state index in [4.69, 9.17) is 15.6 Å². The zero-order valence-electron chi connectivity index (χ0n) is 13.4. The van der Waals surface area contributed by atoms with Crippen molar-refractivity contribution >= 4 is 24.3 Å². The summed E-state index contributed by atoms with van der Waals surface area (Å²) in [5, 5.41) is 9.16. The molecule has 0 aromatic heterocycles. The van der Waals surface area contributed by atoms with E-state index in [9.17, 15) is 9.59 Å². The summed E-state index contributed by atoms with van der Waals surface area (Å²) in [5.74, 6) is -1.98. The molecule has 4 atom stereocenters. The average molecular weight is 352 g/mol. The Morgan fingerprint density at radius 2 is 2.04 bits per heavy atom. The summed E-state index contributed by atoms with van der Waals surface area (Å²) in [5.41, 5.74) is 8.81. The number of rotatable bonds is 4. The highest BCUT2D eigenvalue weighted by Gasteiger charge is 2.70. The minimum Gasteiger partial charge on any atom is -0.481 e. The highest BCUT2D eigenvalue weighted by atomic mass is 35.5. The van der Waals surface area contributed by atoms with Gasteiger partial charge in [0.15, 0.2) is 0 Å². The molecule has 1 aromatic rings. The summed E-state index contributed by atoms with van der Waals surface area (Å²) in [6, 6.07) is 6.21. The number of carboxylic acids is 1. The lowest BCUT2D eigenvalue weighted by molar-refractivity contribution is -0.152. The molecule has 0 radical (unpaired) electrons. The van der Waals surface area contributed by atoms with Gasteiger partial charge in [0, 0.05) is 5.92 Å². The molecule has 0 saturated heterocycles. The number of carbonyl (C=O) groups is 2. The number of hydrogen-bond donors (Lipinski definition) is 2. The van der Waals surface area contributed by atoms with Gasteiger partial charge in [-0.15, -0.1) is 12.4 Å². The van der Waals surface area contributed by atoms with Crippen molar-refractivity contribution in [2.24, 2.45) is 23.5 Å². The minimum atomic E-state index is -1.12. The molecule has 0 spiro atoms. The van der Waals surface area contributed by atoms with Gasteiger partial charge in [-0.05, 0) is 54.7 Å². The van der Waals surface area contributed by atoms with Crippen LogP contribution < -0.4 is 5.73 Å². The molecule has 0 unspecified atom stereocenters. The lowest BCUT2D eigenvalue weighted by atomic mass is 9.91. The molecule has 1 aromatic carbocycles. The monoisotopic (exact) mass is 351 g/mol. The third-order valence-electron chi connectivity index (χ3n) is 5.85. The molecule has 3 N–H and O–H groups in total. The van der Waals surface area contributed by atoms with E-state index in [2.05, 4.69) is 12.1 Å². The van der Waals surface area contributed by atoms with Crippen molar-refractivity contribution in [3.05, 3.63) is 34.9 Å². The predicted molar refractivity (Wildman–Crippen MR) is 89.8 cm³/mol. The average Bonchev–Trinajstić information content (AvgIpc) is 2.91. The summed E-state index contributed by atoms with van der Waals surface area (Å²) >= 11 is 0. The number of nitrogens with two attached hydrogens (primary N) is 1. The van der Waals surface area contributed by atoms with Crippen molar-refractivity contribution in [1.82, 2.24) is 0 Å². The third kappa shape index (κ3) is 2.60. The van der Waals surface area contributed by atoms with Crippen molar-refractivity contribution in [2.75, 3.05) is 0 Å². The van der Waals surface area contributed by atoms with Gasteiger partial charge in [0.1, 0.15) is 12.1 Å². The zero-order valence-corrected chi connectivity index (χ0v) is 14.2. The predicted octanol–water partition coefficient (Wildman–Crippen LogP) is 2.08. The Bertz CT molecular complexity index is 692. The lowest BCUT2D eigenvalue weighted by Crippen LogP contribution is -2.50. The van der Waals surface area contributed by atoms with Crippen LogP contribution in [0.3, 0.4) is 0 Å². The number of aryl methyl sites for hydroxylation is 2. The van der Waals surface area contributed by atoms with Crippen molar-refractivity contribution in [3.63, 3.8) is 0 Å². The van der Waals surface area contributed by atoms with Crippen molar-refractivity contribution in [3.8, 4) is 0 Å². The van der Waals surface area contributed by atoms with Crippen LogP contribution in [0.5, 0.6) is 0 Å². The fraction of sp³-hybridized carbons (Fsp3) is 0.556. The number of ether oxygens (including phenoxy) is 1. The van der Waals surface area contributed by atoms with Gasteiger partial charge in [-0.25, -0.2) is 0 Å². The fourth-order valence-electron chi connectivity index (χ4n) is 4.58. The highest BCUT2D eigenvalue weighted by Crippen LogP contribution is 2.61. The van der Waals surface area contributed by atoms with E-state index in [-0.39, 0.29) is 30.8 Å². The summed E-state index contributed by atoms with van der Waals surface area (Å²) in [6.07, 6.45) is 4.62. The van der Waals surface area contributed by atoms with Gasteiger partial charge < -0.3 is 15.6 Å². The molecule has 0 heterocycles. The van der Waals surface area contributed by atoms with E-state index in [1.165, 1.54) is 17.5 Å². The second-order valence-corrected chi connectivity index (χ2v) is 7.17. The fourth-order valence-corrected chi connectivity index (χ4v) is 4.58. The largest absolute Gasteiger partial charge is 0.481 e. The van der Waals surface area contributed by atoms with Gasteiger partial charge in [0.2, 0.25) is 0 Å². The van der Waals surface area contributed by atoms with Crippen molar-refractivity contribution < 1.29 is 19.4 Å². The molecule has 6 heteroatoms. The number of halogens is 1. The van der Waals surface area contributed by atoms with E-state index in [1.54, 1.807) is 0 Å². The molecule has 0 amide bonds. The van der Waals surface area contributed by atoms with E-state index in [0.717, 1.165) is 18.4 Å². The first-order chi connectivity index (χ1) is 11.0. The maximum absolute atomic E-state index is 12.4. The van der Waals surface area contributed by atoms with Gasteiger partial charge in [0.25, 0.3) is 0 Å². The molecule has 5 nitrogen and oxygen atoms in total. The number of carboxylic acid groups (broad SMARTS) is 1. The van der Waals surface area contributed by atoms with Crippen LogP contribution in [0.15, 0.2) is 18.2 Å². The van der Waals surface area contributed by atoms with Crippen LogP contribution in [0, 0.1) is 17.8 Å². The molecule has 2 saturated carbocycles. The smallest absolute Gasteiger partial charge is 0.326 e. The Labute approximate surface area is 147 Å². The van der Waals surface area contributed by atoms with Crippen molar-refractivity contribution in [1.29, 1.82) is 0 Å². The number of esters is 1. The van der Waals surface area contributed by atoms with E-state index in [0.29, 0.717) is 12.8 Å². The zero-order chi connectivity index (χ0) is 16.2. The number of benzene rings is 1. The molecular formula is C18H22ClNO4. The Morgan fingerprint density at radius 1 is 1.29 bits per heavy atom. The Morgan fingerprint density at radius 3 is 2.75 bits per heavy atom. The number of hydrogen-bond acceptors (Lipinski definition) is 4. The van der Waals surface area contributed by atoms with E-state index < -0.39 is 23.4 Å². The first-order valence-electron chi connectivity index (χ1n) is 8.30. The van der Waals surface area contributed by atoms with Crippen LogP contribution in [-0.4, -0.2) is 22.6 Å². The minimum absolute atomic E-state index is 0. The highest BCUT2D eigenvalue weighted by molar-refractivity contribution is 5.86. The quantitative estimate of drug-likeness (QED) is 0.810. The van der Waals surface area contributed by atoms with Gasteiger partial charge in [-0.3, -0.25) is 9.59 Å². The first kappa shape index (κ1) is 17.2. The van der Waals surface area contributed by atoms with Crippen LogP contribution in [0.2, 0.25) is 0 Å². The molecular weight excluding hydrogens is 330 g/mol. The van der Waals surface area contributed by atoms with Crippen LogP contribution in [0.4, 0.5) is 0 Å². The molecule has 3 aliphatic rings. The summed E-state index contributed by atoms with van der Waals surface area (Å²) in [6.45, 7) is 0.209. The standard InChI is InChI=1S/C18H21NO4.ClH/c19-18(7-6-13-14(15(13)18)16(20)21)17(22)23-9-10-4-5-11-2-1-3-12(11)8-10;/h4-5,8,13-15H,1-3,6-7,9,19H2,(H,20,21);1H/t13-,14-,15-,18-;/m0./s1. The van der Waals surface area contributed by atoms with Gasteiger partial charge in [-0.2, -0.15) is 0 Å². The molecule has 2 fully saturated rings. The summed E-state index contributed by atoms with van der Waals surface area (Å²) in [4.78, 5) is 23.6. The molecule has 0 aliphatic heterocycles. The Hall–Kier alpha value is -1.59. The molecule has 4 rings (SSSR count). The topological polar surface area (TPSA) is 89.6 Å². The lowest BCUT2D eigenvalue weighted by Gasteiger charge is -2.24. The summed E-state index contributed by atoms with van der Waals surface area (Å²) < 4.78 is 5.44. The van der Waals surface area contributed by atoms with Crippen LogP contribution in [-0.2, 0) is 33.8 Å². The van der Waals surface area contributed by atoms with E-state index >= 15 is 0 Å². The molecule has 3 aliphatic carbocycles. The second-order valence-electron chi connectivity index (χ2n) is 7.17. The molecule has 0 bridgehead atoms.